The number of carboxylic acids is 1. The fourth-order valence-electron chi connectivity index (χ4n) is 1.20. The van der Waals surface area contributed by atoms with Crippen LogP contribution in [0, 0.1) is 0 Å². The van der Waals surface area contributed by atoms with Crippen LogP contribution >= 0.6 is 0 Å². The summed E-state index contributed by atoms with van der Waals surface area (Å²) in [5.74, 6) is -0.0708. The van der Waals surface area contributed by atoms with E-state index in [2.05, 4.69) is 5.32 Å². The van der Waals surface area contributed by atoms with Gasteiger partial charge in [0.2, 0.25) is 0 Å². The second-order valence-electron chi connectivity index (χ2n) is 3.34. The van der Waals surface area contributed by atoms with Crippen LogP contribution in [-0.4, -0.2) is 23.7 Å². The van der Waals surface area contributed by atoms with E-state index in [1.54, 1.807) is 6.26 Å². The molecule has 0 fully saturated rings. The first-order valence-electron chi connectivity index (χ1n) is 4.91. The average molecular weight is 212 g/mol. The van der Waals surface area contributed by atoms with Crippen LogP contribution in [0.25, 0.3) is 0 Å². The number of aliphatic carboxylic acids is 1. The molecular weight excluding hydrogens is 196 g/mol. The number of hydrogen-bond donors (Lipinski definition) is 3. The number of rotatable bonds is 7. The Morgan fingerprint density at radius 2 is 2.47 bits per heavy atom. The van der Waals surface area contributed by atoms with E-state index in [4.69, 9.17) is 15.3 Å². The lowest BCUT2D eigenvalue weighted by atomic mass is 10.2. The summed E-state index contributed by atoms with van der Waals surface area (Å²) in [5.41, 5.74) is 5.35. The highest BCUT2D eigenvalue weighted by atomic mass is 16.4. The van der Waals surface area contributed by atoms with Gasteiger partial charge in [-0.05, 0) is 31.5 Å². The van der Waals surface area contributed by atoms with Crippen molar-refractivity contribution in [2.45, 2.75) is 25.4 Å². The molecule has 0 unspecified atom stereocenters. The molecule has 1 aromatic heterocycles. The molecule has 0 spiro atoms. The predicted molar refractivity (Wildman–Crippen MR) is 55.3 cm³/mol. The maximum atomic E-state index is 10.4. The fourth-order valence-corrected chi connectivity index (χ4v) is 1.20. The minimum Gasteiger partial charge on any atom is -0.480 e. The molecule has 0 saturated carbocycles. The smallest absolute Gasteiger partial charge is 0.320 e. The molecule has 4 N–H and O–H groups in total. The fraction of sp³-hybridized carbons (Fsp3) is 0.500. The van der Waals surface area contributed by atoms with Gasteiger partial charge in [0.25, 0.3) is 0 Å². The topological polar surface area (TPSA) is 88.5 Å². The van der Waals surface area contributed by atoms with Crippen LogP contribution in [0.5, 0.6) is 0 Å². The van der Waals surface area contributed by atoms with Gasteiger partial charge in [0.1, 0.15) is 11.8 Å². The molecular formula is C10H16N2O3. The number of nitrogens with two attached hydrogens (primary N) is 1. The molecule has 0 aliphatic carbocycles. The van der Waals surface area contributed by atoms with E-state index in [9.17, 15) is 4.79 Å². The van der Waals surface area contributed by atoms with E-state index in [-0.39, 0.29) is 0 Å². The van der Waals surface area contributed by atoms with Crippen molar-refractivity contribution >= 4 is 5.97 Å². The summed E-state index contributed by atoms with van der Waals surface area (Å²) in [6.45, 7) is 1.40. The Morgan fingerprint density at radius 3 is 3.07 bits per heavy atom. The summed E-state index contributed by atoms with van der Waals surface area (Å²) >= 11 is 0. The van der Waals surface area contributed by atoms with Crippen molar-refractivity contribution in [2.24, 2.45) is 5.73 Å². The average Bonchev–Trinajstić information content (AvgIpc) is 2.69. The highest BCUT2D eigenvalue weighted by Gasteiger charge is 2.09. The first-order valence-corrected chi connectivity index (χ1v) is 4.91. The minimum absolute atomic E-state index is 0.487. The molecule has 5 nitrogen and oxygen atoms in total. The van der Waals surface area contributed by atoms with Crippen molar-refractivity contribution in [3.63, 3.8) is 0 Å². The van der Waals surface area contributed by atoms with Crippen LogP contribution in [0.3, 0.4) is 0 Å². The van der Waals surface area contributed by atoms with E-state index in [0.717, 1.165) is 18.7 Å². The molecule has 1 rings (SSSR count). The summed E-state index contributed by atoms with van der Waals surface area (Å²) < 4.78 is 5.12. The van der Waals surface area contributed by atoms with Crippen molar-refractivity contribution in [1.82, 2.24) is 5.32 Å². The van der Waals surface area contributed by atoms with Crippen molar-refractivity contribution in [2.75, 3.05) is 6.54 Å². The van der Waals surface area contributed by atoms with Gasteiger partial charge in [0, 0.05) is 0 Å². The summed E-state index contributed by atoms with van der Waals surface area (Å²) in [6.07, 6.45) is 2.85. The van der Waals surface area contributed by atoms with Crippen molar-refractivity contribution in [1.29, 1.82) is 0 Å². The Bertz CT molecular complexity index is 285. The Kier molecular flexibility index (Phi) is 4.86. The number of carboxylic acid groups (broad SMARTS) is 1. The van der Waals surface area contributed by atoms with Crippen LogP contribution in [0.4, 0.5) is 0 Å². The summed E-state index contributed by atoms with van der Waals surface area (Å²) in [5, 5.41) is 11.7. The van der Waals surface area contributed by atoms with E-state index in [1.165, 1.54) is 0 Å². The van der Waals surface area contributed by atoms with Crippen molar-refractivity contribution < 1.29 is 14.3 Å². The zero-order valence-electron chi connectivity index (χ0n) is 8.48. The van der Waals surface area contributed by atoms with Gasteiger partial charge in [-0.3, -0.25) is 4.79 Å². The molecule has 0 amide bonds. The maximum absolute atomic E-state index is 10.4. The molecule has 15 heavy (non-hydrogen) atoms. The first-order chi connectivity index (χ1) is 7.20. The standard InChI is InChI=1S/C10H16N2O3/c11-9(10(13)14)4-1-5-12-7-8-3-2-6-15-8/h2-3,6,9,12H,1,4-5,7,11H2,(H,13,14)/t9-/m0/s1. The van der Waals surface area contributed by atoms with Crippen LogP contribution in [-0.2, 0) is 11.3 Å². The van der Waals surface area contributed by atoms with Gasteiger partial charge in [-0.25, -0.2) is 0 Å². The third-order valence-electron chi connectivity index (χ3n) is 2.07. The van der Waals surface area contributed by atoms with Gasteiger partial charge in [0.05, 0.1) is 12.8 Å². The lowest BCUT2D eigenvalue weighted by Crippen LogP contribution is -2.30. The molecule has 1 atom stereocenters. The second kappa shape index (κ2) is 6.21. The van der Waals surface area contributed by atoms with Gasteiger partial charge in [0.15, 0.2) is 0 Å². The monoisotopic (exact) mass is 212 g/mol. The molecule has 1 aromatic rings. The molecule has 84 valence electrons. The van der Waals surface area contributed by atoms with Gasteiger partial charge in [-0.2, -0.15) is 0 Å². The third kappa shape index (κ3) is 4.62. The maximum Gasteiger partial charge on any atom is 0.320 e. The number of furan rings is 1. The Balaban J connectivity index is 2.00. The van der Waals surface area contributed by atoms with Crippen molar-refractivity contribution in [3.05, 3.63) is 24.2 Å². The van der Waals surface area contributed by atoms with Crippen LogP contribution in [0.15, 0.2) is 22.8 Å². The lowest BCUT2D eigenvalue weighted by Gasteiger charge is -2.06. The Morgan fingerprint density at radius 1 is 1.67 bits per heavy atom. The van der Waals surface area contributed by atoms with Gasteiger partial charge < -0.3 is 20.6 Å². The molecule has 0 aliphatic rings. The van der Waals surface area contributed by atoms with Gasteiger partial charge >= 0.3 is 5.97 Å². The lowest BCUT2D eigenvalue weighted by molar-refractivity contribution is -0.138. The van der Waals surface area contributed by atoms with E-state index < -0.39 is 12.0 Å². The number of nitrogens with one attached hydrogen (secondary N) is 1. The molecule has 5 heteroatoms. The molecule has 0 aliphatic heterocycles. The predicted octanol–water partition coefficient (Wildman–Crippen LogP) is 0.561. The number of hydrogen-bond acceptors (Lipinski definition) is 4. The first kappa shape index (κ1) is 11.7. The zero-order chi connectivity index (χ0) is 11.1. The highest BCUT2D eigenvalue weighted by Crippen LogP contribution is 1.99. The summed E-state index contributed by atoms with van der Waals surface area (Å²) in [4.78, 5) is 10.4. The van der Waals surface area contributed by atoms with E-state index >= 15 is 0 Å². The molecule has 1 heterocycles. The zero-order valence-corrected chi connectivity index (χ0v) is 8.48. The summed E-state index contributed by atoms with van der Waals surface area (Å²) in [7, 11) is 0. The second-order valence-corrected chi connectivity index (χ2v) is 3.34. The Labute approximate surface area is 88.3 Å². The third-order valence-corrected chi connectivity index (χ3v) is 2.07. The largest absolute Gasteiger partial charge is 0.480 e. The van der Waals surface area contributed by atoms with E-state index in [0.29, 0.717) is 13.0 Å². The minimum atomic E-state index is -0.943. The SMILES string of the molecule is N[C@@H](CCCNCc1ccco1)C(=O)O. The quantitative estimate of drug-likeness (QED) is 0.575. The molecule has 0 saturated heterocycles. The Hall–Kier alpha value is -1.33. The molecule has 0 radical (unpaired) electrons. The van der Waals surface area contributed by atoms with Gasteiger partial charge in [-0.15, -0.1) is 0 Å². The van der Waals surface area contributed by atoms with Gasteiger partial charge in [-0.1, -0.05) is 0 Å². The number of carbonyl (C=O) groups is 1. The van der Waals surface area contributed by atoms with E-state index in [1.807, 2.05) is 12.1 Å². The van der Waals surface area contributed by atoms with Crippen LogP contribution < -0.4 is 11.1 Å². The highest BCUT2D eigenvalue weighted by molar-refractivity contribution is 5.72. The molecule has 0 aromatic carbocycles. The molecule has 0 bridgehead atoms. The normalized spacial score (nSPS) is 12.6. The summed E-state index contributed by atoms with van der Waals surface area (Å²) in [6, 6.07) is 2.96. The van der Waals surface area contributed by atoms with Crippen LogP contribution in [0.2, 0.25) is 0 Å². The van der Waals surface area contributed by atoms with Crippen molar-refractivity contribution in [3.8, 4) is 0 Å². The van der Waals surface area contributed by atoms with Crippen LogP contribution in [0.1, 0.15) is 18.6 Å².